The van der Waals surface area contributed by atoms with E-state index in [2.05, 4.69) is 0 Å². The Morgan fingerprint density at radius 1 is 1.53 bits per heavy atom. The molecule has 0 aliphatic heterocycles. The molecule has 0 bridgehead atoms. The van der Waals surface area contributed by atoms with Gasteiger partial charge in [-0.15, -0.1) is 0 Å². The lowest BCUT2D eigenvalue weighted by Crippen LogP contribution is -2.25. The molecular weight excluding hydrogens is 199 g/mol. The summed E-state index contributed by atoms with van der Waals surface area (Å²) in [5.74, 6) is -0.419. The highest BCUT2D eigenvalue weighted by molar-refractivity contribution is 5.36. The van der Waals surface area contributed by atoms with Crippen molar-refractivity contribution in [3.05, 3.63) is 39.7 Å². The number of nitrogens with two attached hydrogens (primary N) is 1. The molecular formula is C10H11FN2O2. The molecule has 0 atom stereocenters. The predicted molar refractivity (Wildman–Crippen MR) is 52.9 cm³/mol. The van der Waals surface area contributed by atoms with Crippen molar-refractivity contribution < 1.29 is 9.31 Å². The fourth-order valence-electron chi connectivity index (χ4n) is 1.53. The number of rotatable bonds is 3. The monoisotopic (exact) mass is 210 g/mol. The van der Waals surface area contributed by atoms with Crippen LogP contribution in [0.3, 0.4) is 0 Å². The Kier molecular flexibility index (Phi) is 2.19. The summed E-state index contributed by atoms with van der Waals surface area (Å²) in [7, 11) is 0. The molecule has 0 amide bonds. The van der Waals surface area contributed by atoms with E-state index in [1.54, 1.807) is 0 Å². The summed E-state index contributed by atoms with van der Waals surface area (Å²) in [5, 5.41) is 10.5. The molecule has 1 saturated carbocycles. The van der Waals surface area contributed by atoms with Crippen molar-refractivity contribution in [2.45, 2.75) is 24.8 Å². The van der Waals surface area contributed by atoms with E-state index in [0.29, 0.717) is 12.0 Å². The van der Waals surface area contributed by atoms with Crippen molar-refractivity contribution in [2.75, 3.05) is 0 Å². The van der Waals surface area contributed by atoms with Gasteiger partial charge in [-0.3, -0.25) is 10.1 Å². The van der Waals surface area contributed by atoms with Crippen LogP contribution in [0.15, 0.2) is 18.2 Å². The van der Waals surface area contributed by atoms with Crippen LogP contribution in [0.5, 0.6) is 0 Å². The fourth-order valence-corrected chi connectivity index (χ4v) is 1.53. The highest BCUT2D eigenvalue weighted by Gasteiger charge is 2.38. The standard InChI is InChI=1S/C10H11FN2O2/c11-9-2-1-8(13(14)15)5-7(9)6-10(12)3-4-10/h1-2,5H,3-4,6,12H2. The van der Waals surface area contributed by atoms with Crippen LogP contribution in [0.25, 0.3) is 0 Å². The molecule has 0 spiro atoms. The summed E-state index contributed by atoms with van der Waals surface area (Å²) in [5.41, 5.74) is 5.75. The number of halogens is 1. The molecule has 2 N–H and O–H groups in total. The van der Waals surface area contributed by atoms with Crippen LogP contribution in [0.4, 0.5) is 10.1 Å². The first kappa shape index (κ1) is 10.0. The normalized spacial score (nSPS) is 17.5. The lowest BCUT2D eigenvalue weighted by atomic mass is 10.0. The molecule has 80 valence electrons. The largest absolute Gasteiger partial charge is 0.325 e. The molecule has 2 rings (SSSR count). The third kappa shape index (κ3) is 2.12. The van der Waals surface area contributed by atoms with Crippen LogP contribution in [0.1, 0.15) is 18.4 Å². The van der Waals surface area contributed by atoms with Gasteiger partial charge in [0.2, 0.25) is 0 Å². The van der Waals surface area contributed by atoms with Crippen LogP contribution in [-0.2, 0) is 6.42 Å². The maximum absolute atomic E-state index is 13.3. The summed E-state index contributed by atoms with van der Waals surface area (Å²) >= 11 is 0. The second-order valence-corrected chi connectivity index (χ2v) is 4.07. The minimum atomic E-state index is -0.529. The highest BCUT2D eigenvalue weighted by Crippen LogP contribution is 2.36. The van der Waals surface area contributed by atoms with E-state index in [4.69, 9.17) is 5.73 Å². The molecule has 1 aromatic rings. The summed E-state index contributed by atoms with van der Waals surface area (Å²) in [6.07, 6.45) is 2.09. The Morgan fingerprint density at radius 3 is 2.73 bits per heavy atom. The van der Waals surface area contributed by atoms with Gasteiger partial charge in [0.25, 0.3) is 5.69 Å². The van der Waals surface area contributed by atoms with Crippen LogP contribution >= 0.6 is 0 Å². The molecule has 5 heteroatoms. The van der Waals surface area contributed by atoms with Gasteiger partial charge in [0.15, 0.2) is 0 Å². The summed E-state index contributed by atoms with van der Waals surface area (Å²) < 4.78 is 13.3. The van der Waals surface area contributed by atoms with E-state index >= 15 is 0 Å². The SMILES string of the molecule is NC1(Cc2cc([N+](=O)[O-])ccc2F)CC1. The zero-order chi connectivity index (χ0) is 11.1. The van der Waals surface area contributed by atoms with Gasteiger partial charge in [-0.1, -0.05) is 0 Å². The first-order valence-corrected chi connectivity index (χ1v) is 4.72. The Hall–Kier alpha value is -1.49. The number of nitrogens with zero attached hydrogens (tertiary/aromatic N) is 1. The highest BCUT2D eigenvalue weighted by atomic mass is 19.1. The smallest absolute Gasteiger partial charge is 0.269 e. The minimum Gasteiger partial charge on any atom is -0.325 e. The molecule has 4 nitrogen and oxygen atoms in total. The maximum Gasteiger partial charge on any atom is 0.269 e. The van der Waals surface area contributed by atoms with Gasteiger partial charge in [0.1, 0.15) is 5.82 Å². The molecule has 0 heterocycles. The van der Waals surface area contributed by atoms with Crippen molar-refractivity contribution >= 4 is 5.69 Å². The second-order valence-electron chi connectivity index (χ2n) is 4.07. The predicted octanol–water partition coefficient (Wildman–Crippen LogP) is 1.77. The number of hydrogen-bond donors (Lipinski definition) is 1. The van der Waals surface area contributed by atoms with Gasteiger partial charge < -0.3 is 5.73 Å². The number of nitro benzene ring substituents is 1. The first-order valence-electron chi connectivity index (χ1n) is 4.72. The van der Waals surface area contributed by atoms with E-state index in [1.807, 2.05) is 0 Å². The Bertz CT molecular complexity index is 416. The van der Waals surface area contributed by atoms with E-state index in [9.17, 15) is 14.5 Å². The van der Waals surface area contributed by atoms with Crippen molar-refractivity contribution in [1.82, 2.24) is 0 Å². The summed E-state index contributed by atoms with van der Waals surface area (Å²) in [6, 6.07) is 3.55. The van der Waals surface area contributed by atoms with Gasteiger partial charge in [0.05, 0.1) is 4.92 Å². The molecule has 1 fully saturated rings. The average Bonchev–Trinajstić information content (AvgIpc) is 2.87. The quantitative estimate of drug-likeness (QED) is 0.610. The zero-order valence-electron chi connectivity index (χ0n) is 8.07. The molecule has 1 aliphatic rings. The zero-order valence-corrected chi connectivity index (χ0v) is 8.07. The van der Waals surface area contributed by atoms with Gasteiger partial charge in [-0.2, -0.15) is 0 Å². The lowest BCUT2D eigenvalue weighted by Gasteiger charge is -2.08. The Labute approximate surface area is 86.0 Å². The van der Waals surface area contributed by atoms with Crippen LogP contribution in [0.2, 0.25) is 0 Å². The van der Waals surface area contributed by atoms with Gasteiger partial charge in [-0.25, -0.2) is 4.39 Å². The van der Waals surface area contributed by atoms with Gasteiger partial charge >= 0.3 is 0 Å². The molecule has 0 unspecified atom stereocenters. The van der Waals surface area contributed by atoms with Crippen molar-refractivity contribution in [3.8, 4) is 0 Å². The van der Waals surface area contributed by atoms with Crippen LogP contribution in [0, 0.1) is 15.9 Å². The van der Waals surface area contributed by atoms with Gasteiger partial charge in [0, 0.05) is 17.7 Å². The fraction of sp³-hybridized carbons (Fsp3) is 0.400. The summed E-state index contributed by atoms with van der Waals surface area (Å²) in [6.45, 7) is 0. The van der Waals surface area contributed by atoms with Crippen molar-refractivity contribution in [1.29, 1.82) is 0 Å². The number of hydrogen-bond acceptors (Lipinski definition) is 3. The van der Waals surface area contributed by atoms with Gasteiger partial charge in [-0.05, 0) is 30.9 Å². The molecule has 0 saturated heterocycles. The topological polar surface area (TPSA) is 69.2 Å². The van der Waals surface area contributed by atoms with Crippen LogP contribution < -0.4 is 5.73 Å². The number of nitro groups is 1. The third-order valence-electron chi connectivity index (χ3n) is 2.67. The Balaban J connectivity index is 2.28. The first-order chi connectivity index (χ1) is 7.00. The van der Waals surface area contributed by atoms with Crippen molar-refractivity contribution in [2.24, 2.45) is 5.73 Å². The van der Waals surface area contributed by atoms with E-state index in [1.165, 1.54) is 6.07 Å². The van der Waals surface area contributed by atoms with E-state index in [0.717, 1.165) is 25.0 Å². The van der Waals surface area contributed by atoms with Crippen LogP contribution in [-0.4, -0.2) is 10.5 Å². The average molecular weight is 210 g/mol. The summed E-state index contributed by atoms with van der Waals surface area (Å²) in [4.78, 5) is 9.97. The lowest BCUT2D eigenvalue weighted by molar-refractivity contribution is -0.385. The van der Waals surface area contributed by atoms with E-state index < -0.39 is 10.7 Å². The minimum absolute atomic E-state index is 0.0874. The molecule has 0 radical (unpaired) electrons. The molecule has 1 aromatic carbocycles. The molecule has 15 heavy (non-hydrogen) atoms. The maximum atomic E-state index is 13.3. The Morgan fingerprint density at radius 2 is 2.20 bits per heavy atom. The second kappa shape index (κ2) is 3.27. The molecule has 1 aliphatic carbocycles. The van der Waals surface area contributed by atoms with E-state index in [-0.39, 0.29) is 11.2 Å². The number of benzene rings is 1. The molecule has 0 aromatic heterocycles. The van der Waals surface area contributed by atoms with Crippen molar-refractivity contribution in [3.63, 3.8) is 0 Å². The number of non-ortho nitro benzene ring substituents is 1. The third-order valence-corrected chi connectivity index (χ3v) is 2.67.